The topological polar surface area (TPSA) is 82.8 Å². The molecule has 0 saturated heterocycles. The second-order valence-electron chi connectivity index (χ2n) is 4.39. The fourth-order valence-electron chi connectivity index (χ4n) is 1.88. The highest BCUT2D eigenvalue weighted by Gasteiger charge is 2.11. The number of hydrogen-bond acceptors (Lipinski definition) is 5. The predicted molar refractivity (Wildman–Crippen MR) is 70.2 cm³/mol. The van der Waals surface area contributed by atoms with Crippen LogP contribution in [0.25, 0.3) is 11.4 Å². The quantitative estimate of drug-likeness (QED) is 0.789. The van der Waals surface area contributed by atoms with Crippen molar-refractivity contribution in [2.45, 2.75) is 13.5 Å². The summed E-state index contributed by atoms with van der Waals surface area (Å²) in [6, 6.07) is 7.77. The van der Waals surface area contributed by atoms with E-state index >= 15 is 0 Å². The van der Waals surface area contributed by atoms with Crippen LogP contribution in [0.5, 0.6) is 0 Å². The molecule has 0 aliphatic rings. The lowest BCUT2D eigenvalue weighted by Gasteiger charge is -1.98. The molecule has 0 aliphatic heterocycles. The highest BCUT2D eigenvalue weighted by Crippen LogP contribution is 2.17. The van der Waals surface area contributed by atoms with E-state index in [2.05, 4.69) is 15.2 Å². The number of nitrogens with two attached hydrogens (primary N) is 1. The van der Waals surface area contributed by atoms with Crippen molar-refractivity contribution in [3.63, 3.8) is 0 Å². The summed E-state index contributed by atoms with van der Waals surface area (Å²) in [7, 11) is 0. The molecule has 2 aromatic heterocycles. The summed E-state index contributed by atoms with van der Waals surface area (Å²) in [6.07, 6.45) is 0. The van der Waals surface area contributed by atoms with E-state index in [1.807, 2.05) is 6.92 Å². The van der Waals surface area contributed by atoms with Crippen molar-refractivity contribution in [2.24, 2.45) is 0 Å². The van der Waals surface area contributed by atoms with Gasteiger partial charge in [0.05, 0.1) is 5.69 Å². The molecule has 0 bridgehead atoms. The van der Waals surface area contributed by atoms with E-state index in [9.17, 15) is 4.39 Å². The lowest BCUT2D eigenvalue weighted by atomic mass is 10.2. The molecule has 0 spiro atoms. The third-order valence-electron chi connectivity index (χ3n) is 2.77. The first-order valence-electron chi connectivity index (χ1n) is 6.00. The van der Waals surface area contributed by atoms with Gasteiger partial charge in [0.1, 0.15) is 18.2 Å². The van der Waals surface area contributed by atoms with Crippen molar-refractivity contribution < 1.29 is 8.91 Å². The molecule has 7 heteroatoms. The number of halogens is 1. The molecule has 1 aromatic carbocycles. The normalized spacial score (nSPS) is 10.9. The van der Waals surface area contributed by atoms with Crippen molar-refractivity contribution in [1.82, 2.24) is 19.9 Å². The number of anilines is 1. The van der Waals surface area contributed by atoms with Gasteiger partial charge in [0, 0.05) is 11.6 Å². The molecule has 102 valence electrons. The van der Waals surface area contributed by atoms with E-state index in [0.717, 1.165) is 5.69 Å². The second kappa shape index (κ2) is 4.76. The van der Waals surface area contributed by atoms with Crippen LogP contribution in [0.3, 0.4) is 0 Å². The molecule has 0 amide bonds. The molecule has 3 aromatic rings. The molecular formula is C13H12FN5O. The van der Waals surface area contributed by atoms with Crippen LogP contribution in [-0.4, -0.2) is 19.9 Å². The molecular weight excluding hydrogens is 261 g/mol. The molecule has 2 N–H and O–H groups in total. The standard InChI is InChI=1S/C13H12FN5O/c1-8-5-11(15)19(17-8)7-12-16-13(18-20-12)9-3-2-4-10(14)6-9/h2-6H,7,15H2,1H3. The van der Waals surface area contributed by atoms with Crippen molar-refractivity contribution in [3.05, 3.63) is 47.7 Å². The van der Waals surface area contributed by atoms with Gasteiger partial charge in [-0.15, -0.1) is 0 Å². The Hall–Kier alpha value is -2.70. The first-order valence-corrected chi connectivity index (χ1v) is 6.00. The number of benzene rings is 1. The Morgan fingerprint density at radius 2 is 2.20 bits per heavy atom. The molecule has 0 fully saturated rings. The van der Waals surface area contributed by atoms with Crippen LogP contribution in [0.2, 0.25) is 0 Å². The zero-order chi connectivity index (χ0) is 14.1. The van der Waals surface area contributed by atoms with Gasteiger partial charge in [-0.2, -0.15) is 10.1 Å². The van der Waals surface area contributed by atoms with E-state index in [1.165, 1.54) is 12.1 Å². The van der Waals surface area contributed by atoms with Crippen molar-refractivity contribution in [1.29, 1.82) is 0 Å². The highest BCUT2D eigenvalue weighted by molar-refractivity contribution is 5.53. The molecule has 0 unspecified atom stereocenters. The van der Waals surface area contributed by atoms with Crippen molar-refractivity contribution in [2.75, 3.05) is 5.73 Å². The Bertz CT molecular complexity index is 749. The zero-order valence-electron chi connectivity index (χ0n) is 10.7. The van der Waals surface area contributed by atoms with E-state index in [-0.39, 0.29) is 12.4 Å². The fourth-order valence-corrected chi connectivity index (χ4v) is 1.88. The minimum absolute atomic E-state index is 0.280. The monoisotopic (exact) mass is 273 g/mol. The van der Waals surface area contributed by atoms with E-state index in [0.29, 0.717) is 23.1 Å². The molecule has 3 rings (SSSR count). The van der Waals surface area contributed by atoms with Crippen LogP contribution in [-0.2, 0) is 6.54 Å². The molecule has 0 radical (unpaired) electrons. The molecule has 20 heavy (non-hydrogen) atoms. The molecule has 2 heterocycles. The Labute approximate surface area is 114 Å². The zero-order valence-corrected chi connectivity index (χ0v) is 10.7. The highest BCUT2D eigenvalue weighted by atomic mass is 19.1. The van der Waals surface area contributed by atoms with E-state index in [1.54, 1.807) is 22.9 Å². The number of aromatic nitrogens is 4. The first kappa shape index (κ1) is 12.3. The van der Waals surface area contributed by atoms with Crippen LogP contribution in [0, 0.1) is 12.7 Å². The number of rotatable bonds is 3. The van der Waals surface area contributed by atoms with Gasteiger partial charge in [0.15, 0.2) is 0 Å². The van der Waals surface area contributed by atoms with Gasteiger partial charge in [-0.25, -0.2) is 9.07 Å². The minimum Gasteiger partial charge on any atom is -0.384 e. The van der Waals surface area contributed by atoms with Crippen LogP contribution < -0.4 is 5.73 Å². The Balaban J connectivity index is 1.85. The van der Waals surface area contributed by atoms with Crippen molar-refractivity contribution in [3.8, 4) is 11.4 Å². The van der Waals surface area contributed by atoms with Gasteiger partial charge in [-0.05, 0) is 19.1 Å². The lowest BCUT2D eigenvalue weighted by Crippen LogP contribution is -2.06. The molecule has 0 aliphatic carbocycles. The maximum absolute atomic E-state index is 13.1. The average molecular weight is 273 g/mol. The summed E-state index contributed by atoms with van der Waals surface area (Å²) in [4.78, 5) is 4.21. The third-order valence-corrected chi connectivity index (χ3v) is 2.77. The second-order valence-corrected chi connectivity index (χ2v) is 4.39. The summed E-state index contributed by atoms with van der Waals surface area (Å²) in [5.41, 5.74) is 7.16. The van der Waals surface area contributed by atoms with Crippen LogP contribution in [0.15, 0.2) is 34.9 Å². The maximum atomic E-state index is 13.1. The number of hydrogen-bond donors (Lipinski definition) is 1. The van der Waals surface area contributed by atoms with Gasteiger partial charge >= 0.3 is 0 Å². The average Bonchev–Trinajstić information content (AvgIpc) is 2.97. The first-order chi connectivity index (χ1) is 9.61. The van der Waals surface area contributed by atoms with Crippen LogP contribution in [0.1, 0.15) is 11.6 Å². The smallest absolute Gasteiger partial charge is 0.248 e. The van der Waals surface area contributed by atoms with Gasteiger partial charge < -0.3 is 10.3 Å². The summed E-state index contributed by atoms with van der Waals surface area (Å²) in [6.45, 7) is 2.13. The summed E-state index contributed by atoms with van der Waals surface area (Å²) in [5, 5.41) is 8.03. The number of aryl methyl sites for hydroxylation is 1. The Morgan fingerprint density at radius 3 is 2.90 bits per heavy atom. The summed E-state index contributed by atoms with van der Waals surface area (Å²) < 4.78 is 19.8. The molecule has 0 atom stereocenters. The van der Waals surface area contributed by atoms with Gasteiger partial charge in [-0.3, -0.25) is 0 Å². The van der Waals surface area contributed by atoms with Crippen molar-refractivity contribution >= 4 is 5.82 Å². The van der Waals surface area contributed by atoms with Gasteiger partial charge in [-0.1, -0.05) is 17.3 Å². The van der Waals surface area contributed by atoms with Gasteiger partial charge in [0.25, 0.3) is 0 Å². The van der Waals surface area contributed by atoms with E-state index in [4.69, 9.17) is 10.3 Å². The fraction of sp³-hybridized carbons (Fsp3) is 0.154. The third kappa shape index (κ3) is 2.37. The Kier molecular flexibility index (Phi) is 2.94. The summed E-state index contributed by atoms with van der Waals surface area (Å²) >= 11 is 0. The van der Waals surface area contributed by atoms with Crippen LogP contribution in [0.4, 0.5) is 10.2 Å². The summed E-state index contributed by atoms with van der Waals surface area (Å²) in [5.74, 6) is 0.870. The van der Waals surface area contributed by atoms with E-state index < -0.39 is 0 Å². The van der Waals surface area contributed by atoms with Gasteiger partial charge in [0.2, 0.25) is 11.7 Å². The largest absolute Gasteiger partial charge is 0.384 e. The SMILES string of the molecule is Cc1cc(N)n(Cc2nc(-c3cccc(F)c3)no2)n1. The number of nitrogens with zero attached hydrogens (tertiary/aromatic N) is 4. The van der Waals surface area contributed by atoms with Crippen LogP contribution >= 0.6 is 0 Å². The molecule has 6 nitrogen and oxygen atoms in total. The molecule has 0 saturated carbocycles. The maximum Gasteiger partial charge on any atom is 0.248 e. The lowest BCUT2D eigenvalue weighted by molar-refractivity contribution is 0.367. The minimum atomic E-state index is -0.346. The Morgan fingerprint density at radius 1 is 1.35 bits per heavy atom. The predicted octanol–water partition coefficient (Wildman–Crippen LogP) is 2.01. The number of nitrogen functional groups attached to an aromatic ring is 1.